The van der Waals surface area contributed by atoms with E-state index in [1.54, 1.807) is 21.3 Å². The fourth-order valence-electron chi connectivity index (χ4n) is 2.97. The third-order valence-electron chi connectivity index (χ3n) is 4.64. The summed E-state index contributed by atoms with van der Waals surface area (Å²) in [7, 11) is 4.96. The van der Waals surface area contributed by atoms with Crippen LogP contribution >= 0.6 is 24.0 Å². The Morgan fingerprint density at radius 1 is 0.875 bits per heavy atom. The predicted molar refractivity (Wildman–Crippen MR) is 140 cm³/mol. The van der Waals surface area contributed by atoms with Crippen molar-refractivity contribution in [2.75, 3.05) is 47.6 Å². The maximum absolute atomic E-state index is 5.74. The maximum Gasteiger partial charge on any atom is 0.191 e. The normalized spacial score (nSPS) is 10.8. The van der Waals surface area contributed by atoms with E-state index in [9.17, 15) is 0 Å². The van der Waals surface area contributed by atoms with Crippen LogP contribution in [0.25, 0.3) is 0 Å². The molecule has 0 aliphatic heterocycles. The second-order valence-electron chi connectivity index (χ2n) is 6.88. The monoisotopic (exact) mass is 557 g/mol. The lowest BCUT2D eigenvalue weighted by Crippen LogP contribution is -2.38. The van der Waals surface area contributed by atoms with E-state index in [-0.39, 0.29) is 24.0 Å². The van der Waals surface area contributed by atoms with Crippen LogP contribution in [0.4, 0.5) is 0 Å². The minimum atomic E-state index is 0. The van der Waals surface area contributed by atoms with Gasteiger partial charge in [0.05, 0.1) is 27.9 Å². The summed E-state index contributed by atoms with van der Waals surface area (Å²) in [6.45, 7) is 5.61. The van der Waals surface area contributed by atoms with Crippen LogP contribution in [0.15, 0.2) is 47.5 Å². The molecule has 0 atom stereocenters. The van der Waals surface area contributed by atoms with E-state index < -0.39 is 0 Å². The zero-order valence-corrected chi connectivity index (χ0v) is 21.8. The zero-order valence-electron chi connectivity index (χ0n) is 19.5. The second kappa shape index (κ2) is 16.4. The van der Waals surface area contributed by atoms with Gasteiger partial charge in [0.2, 0.25) is 0 Å². The average Bonchev–Trinajstić information content (AvgIpc) is 2.81. The van der Waals surface area contributed by atoms with Gasteiger partial charge in [-0.15, -0.1) is 24.0 Å². The van der Waals surface area contributed by atoms with Gasteiger partial charge in [-0.2, -0.15) is 0 Å². The van der Waals surface area contributed by atoms with E-state index in [0.29, 0.717) is 19.8 Å². The summed E-state index contributed by atoms with van der Waals surface area (Å²) < 4.78 is 21.6. The van der Waals surface area contributed by atoms with Gasteiger partial charge in [0.25, 0.3) is 0 Å². The van der Waals surface area contributed by atoms with Gasteiger partial charge in [0.15, 0.2) is 17.5 Å². The molecule has 7 nitrogen and oxygen atoms in total. The van der Waals surface area contributed by atoms with Crippen molar-refractivity contribution in [1.29, 1.82) is 0 Å². The van der Waals surface area contributed by atoms with Gasteiger partial charge in [0.1, 0.15) is 5.75 Å². The largest absolute Gasteiger partial charge is 0.497 e. The van der Waals surface area contributed by atoms with E-state index in [2.05, 4.69) is 22.5 Å². The fourth-order valence-corrected chi connectivity index (χ4v) is 2.97. The SMILES string of the molecule is CCNC(=NCCCOCc1ccc(OC)cc1)NCCc1ccc(OC)c(OC)c1.I. The number of ether oxygens (including phenoxy) is 4. The molecule has 0 saturated heterocycles. The fraction of sp³-hybridized carbons (Fsp3) is 0.458. The number of hydrogen-bond donors (Lipinski definition) is 2. The molecular formula is C24H36IN3O4. The zero-order chi connectivity index (χ0) is 22.3. The maximum atomic E-state index is 5.74. The van der Waals surface area contributed by atoms with E-state index >= 15 is 0 Å². The molecule has 0 aliphatic rings. The highest BCUT2D eigenvalue weighted by atomic mass is 127. The number of benzene rings is 2. The van der Waals surface area contributed by atoms with Crippen LogP contribution in [0, 0.1) is 0 Å². The van der Waals surface area contributed by atoms with Crippen LogP contribution in [0.5, 0.6) is 17.2 Å². The van der Waals surface area contributed by atoms with Crippen molar-refractivity contribution >= 4 is 29.9 Å². The Bertz CT molecular complexity index is 800. The highest BCUT2D eigenvalue weighted by Crippen LogP contribution is 2.27. The van der Waals surface area contributed by atoms with Gasteiger partial charge in [-0.25, -0.2) is 0 Å². The second-order valence-corrected chi connectivity index (χ2v) is 6.88. The lowest BCUT2D eigenvalue weighted by atomic mass is 10.1. The van der Waals surface area contributed by atoms with Crippen molar-refractivity contribution < 1.29 is 18.9 Å². The van der Waals surface area contributed by atoms with Gasteiger partial charge in [-0.3, -0.25) is 4.99 Å². The Kier molecular flexibility index (Phi) is 14.3. The van der Waals surface area contributed by atoms with Crippen molar-refractivity contribution in [1.82, 2.24) is 10.6 Å². The van der Waals surface area contributed by atoms with Crippen molar-refractivity contribution in [3.63, 3.8) is 0 Å². The van der Waals surface area contributed by atoms with Crippen molar-refractivity contribution in [3.05, 3.63) is 53.6 Å². The lowest BCUT2D eigenvalue weighted by Gasteiger charge is -2.13. The third kappa shape index (κ3) is 9.95. The molecule has 0 fully saturated rings. The average molecular weight is 557 g/mol. The first-order valence-electron chi connectivity index (χ1n) is 10.6. The first-order chi connectivity index (χ1) is 15.2. The summed E-state index contributed by atoms with van der Waals surface area (Å²) in [6.07, 6.45) is 1.72. The van der Waals surface area contributed by atoms with E-state index in [4.69, 9.17) is 18.9 Å². The minimum Gasteiger partial charge on any atom is -0.497 e. The molecule has 32 heavy (non-hydrogen) atoms. The van der Waals surface area contributed by atoms with Crippen molar-refractivity contribution in [3.8, 4) is 17.2 Å². The summed E-state index contributed by atoms with van der Waals surface area (Å²) >= 11 is 0. The smallest absolute Gasteiger partial charge is 0.191 e. The summed E-state index contributed by atoms with van der Waals surface area (Å²) in [4.78, 5) is 4.63. The van der Waals surface area contributed by atoms with Crippen LogP contribution in [0.3, 0.4) is 0 Å². The molecule has 0 aliphatic carbocycles. The number of nitrogens with zero attached hydrogens (tertiary/aromatic N) is 1. The molecule has 2 rings (SSSR count). The highest BCUT2D eigenvalue weighted by Gasteiger charge is 2.05. The number of halogens is 1. The molecule has 0 radical (unpaired) electrons. The van der Waals surface area contributed by atoms with Gasteiger partial charge < -0.3 is 29.6 Å². The molecular weight excluding hydrogens is 521 g/mol. The lowest BCUT2D eigenvalue weighted by molar-refractivity contribution is 0.120. The topological polar surface area (TPSA) is 73.3 Å². The Morgan fingerprint density at radius 3 is 2.25 bits per heavy atom. The van der Waals surface area contributed by atoms with Crippen LogP contribution < -0.4 is 24.8 Å². The summed E-state index contributed by atoms with van der Waals surface area (Å²) in [6, 6.07) is 13.9. The van der Waals surface area contributed by atoms with Gasteiger partial charge in [-0.05, 0) is 55.2 Å². The standard InChI is InChI=1S/C24H35N3O4.HI/c1-5-25-24(27-15-13-19-9-12-22(29-3)23(17-19)30-4)26-14-6-16-31-18-20-7-10-21(28-2)11-8-20;/h7-12,17H,5-6,13-16,18H2,1-4H3,(H2,25,26,27);1H. The molecule has 0 aromatic heterocycles. The van der Waals surface area contributed by atoms with Gasteiger partial charge >= 0.3 is 0 Å². The highest BCUT2D eigenvalue weighted by molar-refractivity contribution is 14.0. The molecule has 0 unspecified atom stereocenters. The predicted octanol–water partition coefficient (Wildman–Crippen LogP) is 4.03. The first kappa shape index (κ1) is 27.8. The van der Waals surface area contributed by atoms with E-state index in [1.165, 1.54) is 5.56 Å². The molecule has 2 aromatic rings. The van der Waals surface area contributed by atoms with Gasteiger partial charge in [-0.1, -0.05) is 18.2 Å². The molecule has 8 heteroatoms. The van der Waals surface area contributed by atoms with E-state index in [0.717, 1.165) is 54.7 Å². The molecule has 0 saturated carbocycles. The first-order valence-corrected chi connectivity index (χ1v) is 10.6. The number of nitrogens with one attached hydrogen (secondary N) is 2. The number of hydrogen-bond acceptors (Lipinski definition) is 5. The Balaban J connectivity index is 0.00000512. The molecule has 2 N–H and O–H groups in total. The van der Waals surface area contributed by atoms with E-state index in [1.807, 2.05) is 42.5 Å². The Morgan fingerprint density at radius 2 is 1.59 bits per heavy atom. The quantitative estimate of drug-likeness (QED) is 0.168. The number of guanidine groups is 1. The van der Waals surface area contributed by atoms with Crippen LogP contribution in [0.2, 0.25) is 0 Å². The van der Waals surface area contributed by atoms with Gasteiger partial charge in [0, 0.05) is 26.2 Å². The summed E-state index contributed by atoms with van der Waals surface area (Å²) in [5, 5.41) is 6.66. The van der Waals surface area contributed by atoms with Crippen LogP contribution in [-0.4, -0.2) is 53.5 Å². The molecule has 2 aromatic carbocycles. The van der Waals surface area contributed by atoms with Crippen LogP contribution in [0.1, 0.15) is 24.5 Å². The number of aliphatic imine (C=N–C) groups is 1. The van der Waals surface area contributed by atoms with Crippen molar-refractivity contribution in [2.24, 2.45) is 4.99 Å². The minimum absolute atomic E-state index is 0. The summed E-state index contributed by atoms with van der Waals surface area (Å²) in [5.41, 5.74) is 2.31. The Labute approximate surface area is 208 Å². The third-order valence-corrected chi connectivity index (χ3v) is 4.64. The Hall–Kier alpha value is -2.20. The molecule has 0 heterocycles. The van der Waals surface area contributed by atoms with Crippen molar-refractivity contribution in [2.45, 2.75) is 26.4 Å². The van der Waals surface area contributed by atoms with Crippen LogP contribution in [-0.2, 0) is 17.8 Å². The number of rotatable bonds is 13. The molecule has 0 spiro atoms. The molecule has 0 bridgehead atoms. The molecule has 178 valence electrons. The number of methoxy groups -OCH3 is 3. The molecule has 0 amide bonds. The summed E-state index contributed by atoms with van der Waals surface area (Å²) in [5.74, 6) is 3.16.